The summed E-state index contributed by atoms with van der Waals surface area (Å²) in [6, 6.07) is 10.5. The van der Waals surface area contributed by atoms with Crippen LogP contribution in [0.3, 0.4) is 0 Å². The molecule has 1 saturated heterocycles. The van der Waals surface area contributed by atoms with Crippen molar-refractivity contribution in [2.24, 2.45) is 0 Å². The molecule has 0 atom stereocenters. The molecule has 0 bridgehead atoms. The van der Waals surface area contributed by atoms with Gasteiger partial charge in [0, 0.05) is 42.3 Å². The molecule has 4 heterocycles. The van der Waals surface area contributed by atoms with Crippen LogP contribution in [0, 0.1) is 5.82 Å². The molecule has 1 amide bonds. The minimum atomic E-state index is -0.478. The van der Waals surface area contributed by atoms with Crippen molar-refractivity contribution in [1.29, 1.82) is 0 Å². The van der Waals surface area contributed by atoms with Crippen LogP contribution in [0.15, 0.2) is 55.0 Å². The fraction of sp³-hybridized carbons (Fsp3) is 0.280. The van der Waals surface area contributed by atoms with E-state index in [1.807, 2.05) is 29.0 Å². The summed E-state index contributed by atoms with van der Waals surface area (Å²) in [4.78, 5) is 22.5. The van der Waals surface area contributed by atoms with Crippen LogP contribution in [0.4, 0.5) is 21.7 Å². The largest absolute Gasteiger partial charge is 0.322 e. The fourth-order valence-electron chi connectivity index (χ4n) is 4.07. The lowest BCUT2D eigenvalue weighted by molar-refractivity contribution is -0.118. The number of nitrogens with zero attached hydrogens (tertiary/aromatic N) is 5. The molecule has 2 N–H and O–H groups in total. The lowest BCUT2D eigenvalue weighted by Gasteiger charge is -2.27. The number of fused-ring (bicyclic) bond motifs is 1. The molecular weight excluding hydrogens is 433 g/mol. The second kappa shape index (κ2) is 8.49. The molecule has 1 fully saturated rings. The third-order valence-corrected chi connectivity index (χ3v) is 5.88. The zero-order chi connectivity index (χ0) is 23.9. The topological polar surface area (TPSA) is 87.5 Å². The third-order valence-electron chi connectivity index (χ3n) is 5.88. The first kappa shape index (κ1) is 22.0. The van der Waals surface area contributed by atoms with Gasteiger partial charge in [-0.1, -0.05) is 20.8 Å². The van der Waals surface area contributed by atoms with E-state index in [4.69, 9.17) is 0 Å². The summed E-state index contributed by atoms with van der Waals surface area (Å²) in [5, 5.41) is 10.4. The van der Waals surface area contributed by atoms with Gasteiger partial charge in [0.15, 0.2) is 0 Å². The van der Waals surface area contributed by atoms with Crippen molar-refractivity contribution in [2.45, 2.75) is 26.2 Å². The minimum absolute atomic E-state index is 0.0439. The van der Waals surface area contributed by atoms with E-state index in [1.165, 1.54) is 6.07 Å². The highest BCUT2D eigenvalue weighted by molar-refractivity contribution is 5.95. The third kappa shape index (κ3) is 4.22. The van der Waals surface area contributed by atoms with Crippen molar-refractivity contribution in [2.75, 3.05) is 29.9 Å². The standard InChI is InChI=1S/C25H26FN7O/c1-25(2,3)18-14-29-33-10-7-16(12-22(18)33)20-6-8-28-24(30-20)31-21-5-4-17(13-19(21)26)32-11-9-27-15-23(32)34/h4-8,10,12-14,27H,9,11,15H2,1-3H3,(H,28,30,31). The summed E-state index contributed by atoms with van der Waals surface area (Å²) < 4.78 is 16.7. The molecule has 0 radical (unpaired) electrons. The molecule has 0 aliphatic carbocycles. The predicted octanol–water partition coefficient (Wildman–Crippen LogP) is 3.91. The number of aromatic nitrogens is 4. The first-order valence-electron chi connectivity index (χ1n) is 11.2. The average molecular weight is 460 g/mol. The van der Waals surface area contributed by atoms with Crippen LogP contribution in [0.5, 0.6) is 0 Å². The lowest BCUT2D eigenvalue weighted by atomic mass is 9.88. The van der Waals surface area contributed by atoms with Crippen LogP contribution in [0.2, 0.25) is 0 Å². The van der Waals surface area contributed by atoms with E-state index in [0.717, 1.165) is 16.6 Å². The van der Waals surface area contributed by atoms with Crippen molar-refractivity contribution in [3.63, 3.8) is 0 Å². The Morgan fingerprint density at radius 1 is 1.15 bits per heavy atom. The summed E-state index contributed by atoms with van der Waals surface area (Å²) in [6.07, 6.45) is 5.44. The molecule has 34 heavy (non-hydrogen) atoms. The van der Waals surface area contributed by atoms with E-state index in [-0.39, 0.29) is 29.5 Å². The van der Waals surface area contributed by atoms with Gasteiger partial charge in [-0.15, -0.1) is 0 Å². The Hall–Kier alpha value is -3.85. The second-order valence-electron chi connectivity index (χ2n) is 9.33. The molecule has 0 saturated carbocycles. The van der Waals surface area contributed by atoms with Gasteiger partial charge in [-0.3, -0.25) is 4.79 Å². The summed E-state index contributed by atoms with van der Waals surface area (Å²) in [5.74, 6) is -0.271. The van der Waals surface area contributed by atoms with Crippen LogP contribution < -0.4 is 15.5 Å². The molecule has 3 aromatic heterocycles. The smallest absolute Gasteiger partial charge is 0.240 e. The number of hydrogen-bond donors (Lipinski definition) is 2. The zero-order valence-corrected chi connectivity index (χ0v) is 19.3. The number of nitrogens with one attached hydrogen (secondary N) is 2. The van der Waals surface area contributed by atoms with Gasteiger partial charge in [-0.05, 0) is 41.8 Å². The maximum absolute atomic E-state index is 14.9. The van der Waals surface area contributed by atoms with Gasteiger partial charge >= 0.3 is 0 Å². The van der Waals surface area contributed by atoms with E-state index >= 15 is 0 Å². The number of rotatable bonds is 4. The first-order chi connectivity index (χ1) is 16.3. The Bertz CT molecular complexity index is 1380. The Morgan fingerprint density at radius 2 is 2.00 bits per heavy atom. The molecule has 5 rings (SSSR count). The molecule has 8 nitrogen and oxygen atoms in total. The van der Waals surface area contributed by atoms with E-state index in [0.29, 0.717) is 24.5 Å². The molecule has 1 aliphatic heterocycles. The highest BCUT2D eigenvalue weighted by Crippen LogP contribution is 2.30. The van der Waals surface area contributed by atoms with Crippen molar-refractivity contribution in [3.8, 4) is 11.3 Å². The number of hydrogen-bond acceptors (Lipinski definition) is 6. The number of anilines is 3. The summed E-state index contributed by atoms with van der Waals surface area (Å²) >= 11 is 0. The van der Waals surface area contributed by atoms with Crippen molar-refractivity contribution < 1.29 is 9.18 Å². The second-order valence-corrected chi connectivity index (χ2v) is 9.33. The maximum atomic E-state index is 14.9. The van der Waals surface area contributed by atoms with E-state index in [1.54, 1.807) is 23.2 Å². The lowest BCUT2D eigenvalue weighted by Crippen LogP contribution is -2.48. The number of carbonyl (C=O) groups excluding carboxylic acids is 1. The highest BCUT2D eigenvalue weighted by Gasteiger charge is 2.21. The van der Waals surface area contributed by atoms with E-state index in [2.05, 4.69) is 52.5 Å². The van der Waals surface area contributed by atoms with Crippen LogP contribution in [-0.2, 0) is 10.2 Å². The quantitative estimate of drug-likeness (QED) is 0.481. The number of pyridine rings is 1. The number of carbonyl (C=O) groups is 1. The molecule has 0 unspecified atom stereocenters. The monoisotopic (exact) mass is 459 g/mol. The minimum Gasteiger partial charge on any atom is -0.322 e. The Labute approximate surface area is 196 Å². The van der Waals surface area contributed by atoms with Crippen molar-refractivity contribution in [1.82, 2.24) is 24.9 Å². The molecule has 1 aliphatic rings. The molecule has 0 spiro atoms. The summed E-state index contributed by atoms with van der Waals surface area (Å²) in [5.41, 5.74) is 4.52. The van der Waals surface area contributed by atoms with Gasteiger partial charge in [0.1, 0.15) is 5.82 Å². The maximum Gasteiger partial charge on any atom is 0.240 e. The van der Waals surface area contributed by atoms with Crippen LogP contribution in [0.25, 0.3) is 16.8 Å². The molecule has 1 aromatic carbocycles. The highest BCUT2D eigenvalue weighted by atomic mass is 19.1. The Balaban J connectivity index is 1.41. The Kier molecular flexibility index (Phi) is 5.49. The molecule has 4 aromatic rings. The van der Waals surface area contributed by atoms with Gasteiger partial charge in [-0.25, -0.2) is 18.9 Å². The van der Waals surface area contributed by atoms with E-state index < -0.39 is 5.82 Å². The number of benzene rings is 1. The van der Waals surface area contributed by atoms with Gasteiger partial charge in [-0.2, -0.15) is 5.10 Å². The average Bonchev–Trinajstić information content (AvgIpc) is 3.25. The SMILES string of the molecule is CC(C)(C)c1cnn2ccc(-c3ccnc(Nc4ccc(N5CCNCC5=O)cc4F)n3)cc12. The van der Waals surface area contributed by atoms with Gasteiger partial charge in [0.2, 0.25) is 11.9 Å². The van der Waals surface area contributed by atoms with Crippen molar-refractivity contribution >= 4 is 28.7 Å². The summed E-state index contributed by atoms with van der Waals surface area (Å²) in [6.45, 7) is 7.90. The van der Waals surface area contributed by atoms with Crippen LogP contribution in [-0.4, -0.2) is 45.1 Å². The van der Waals surface area contributed by atoms with Gasteiger partial charge < -0.3 is 15.5 Å². The van der Waals surface area contributed by atoms with Gasteiger partial charge in [0.25, 0.3) is 0 Å². The zero-order valence-electron chi connectivity index (χ0n) is 19.3. The predicted molar refractivity (Wildman–Crippen MR) is 130 cm³/mol. The molecular formula is C25H26FN7O. The number of piperazine rings is 1. The normalized spacial score (nSPS) is 14.6. The van der Waals surface area contributed by atoms with Gasteiger partial charge in [0.05, 0.1) is 29.6 Å². The Morgan fingerprint density at radius 3 is 2.76 bits per heavy atom. The van der Waals surface area contributed by atoms with Crippen LogP contribution >= 0.6 is 0 Å². The van der Waals surface area contributed by atoms with Crippen LogP contribution in [0.1, 0.15) is 26.3 Å². The fourth-order valence-corrected chi connectivity index (χ4v) is 4.07. The number of halogens is 1. The molecule has 174 valence electrons. The van der Waals surface area contributed by atoms with E-state index in [9.17, 15) is 9.18 Å². The number of amides is 1. The summed E-state index contributed by atoms with van der Waals surface area (Å²) in [7, 11) is 0. The molecule has 9 heteroatoms. The first-order valence-corrected chi connectivity index (χ1v) is 11.2. The van der Waals surface area contributed by atoms with Crippen molar-refractivity contribution in [3.05, 3.63) is 66.4 Å².